The van der Waals surface area contributed by atoms with Crippen molar-refractivity contribution >= 4 is 74.8 Å². The highest BCUT2D eigenvalue weighted by Gasteiger charge is 2.01. The van der Waals surface area contributed by atoms with Gasteiger partial charge in [-0.25, -0.2) is 0 Å². The van der Waals surface area contributed by atoms with Gasteiger partial charge in [0.05, 0.1) is 0 Å². The van der Waals surface area contributed by atoms with Crippen LogP contribution >= 0.6 is 45.3 Å². The van der Waals surface area contributed by atoms with E-state index >= 15 is 0 Å². The van der Waals surface area contributed by atoms with Crippen LogP contribution in [0, 0.1) is 3.57 Å². The fourth-order valence-corrected chi connectivity index (χ4v) is 5.38. The second-order valence-corrected chi connectivity index (χ2v) is 8.20. The highest BCUT2D eigenvalue weighted by Crippen LogP contribution is 2.33. The second-order valence-electron chi connectivity index (χ2n) is 4.79. The summed E-state index contributed by atoms with van der Waals surface area (Å²) in [5.41, 5.74) is 0. The molecule has 0 N–H and O–H groups in total. The summed E-state index contributed by atoms with van der Waals surface area (Å²) >= 11 is 6.12. The van der Waals surface area contributed by atoms with Crippen molar-refractivity contribution < 1.29 is 0 Å². The zero-order valence-electron chi connectivity index (χ0n) is 11.0. The van der Waals surface area contributed by atoms with Gasteiger partial charge in [-0.3, -0.25) is 0 Å². The Kier molecular flexibility index (Phi) is 3.57. The molecule has 0 spiro atoms. The summed E-state index contributed by atoms with van der Waals surface area (Å²) in [5, 5.41) is 2.66. The first-order valence-corrected chi connectivity index (χ1v) is 9.36. The maximum Gasteiger partial charge on any atom is 0.0459 e. The van der Waals surface area contributed by atoms with E-state index in [1.807, 2.05) is 22.7 Å². The molecule has 0 fully saturated rings. The van der Waals surface area contributed by atoms with E-state index in [0.717, 1.165) is 0 Å². The van der Waals surface area contributed by atoms with Crippen LogP contribution in [0.25, 0.3) is 29.6 Å². The van der Waals surface area contributed by atoms with Crippen molar-refractivity contribution in [2.75, 3.05) is 0 Å². The maximum atomic E-state index is 2.39. The Morgan fingerprint density at radius 1 is 0.571 bits per heavy atom. The molecular weight excluding hydrogens is 407 g/mol. The lowest BCUT2D eigenvalue weighted by atomic mass is 10.1. The number of rotatable bonds is 0. The minimum Gasteiger partial charge on any atom is -0.134 e. The van der Waals surface area contributed by atoms with Crippen LogP contribution in [0.15, 0.2) is 66.7 Å². The molecule has 0 bridgehead atoms. The predicted octanol–water partition coefficient (Wildman–Crippen LogP) is 7.00. The van der Waals surface area contributed by atoms with Gasteiger partial charge in [0.15, 0.2) is 0 Å². The zero-order chi connectivity index (χ0) is 14.2. The molecule has 4 aromatic rings. The lowest BCUT2D eigenvalue weighted by molar-refractivity contribution is 1.78. The highest BCUT2D eigenvalue weighted by atomic mass is 127. The molecule has 21 heavy (non-hydrogen) atoms. The Bertz CT molecular complexity index is 1010. The van der Waals surface area contributed by atoms with Gasteiger partial charge in [0.2, 0.25) is 0 Å². The van der Waals surface area contributed by atoms with Crippen molar-refractivity contribution in [3.05, 3.63) is 70.3 Å². The van der Waals surface area contributed by atoms with Gasteiger partial charge < -0.3 is 0 Å². The number of benzene rings is 3. The van der Waals surface area contributed by atoms with Gasteiger partial charge in [-0.2, -0.15) is 0 Å². The SMILES string of the molecule is Ic1ccc2sc3ccccc3c3ccccc3sc2c1. The van der Waals surface area contributed by atoms with Gasteiger partial charge >= 0.3 is 0 Å². The largest absolute Gasteiger partial charge is 0.134 e. The van der Waals surface area contributed by atoms with Crippen LogP contribution in [0.2, 0.25) is 0 Å². The molecule has 4 rings (SSSR count). The number of fused-ring (bicyclic) bond motifs is 4. The lowest BCUT2D eigenvalue weighted by Gasteiger charge is -2.03. The molecule has 0 unspecified atom stereocenters. The average Bonchev–Trinajstić information content (AvgIpc) is 2.49. The summed E-state index contributed by atoms with van der Waals surface area (Å²) in [6, 6.07) is 24.1. The fourth-order valence-electron chi connectivity index (χ4n) is 2.44. The molecule has 102 valence electrons. The van der Waals surface area contributed by atoms with Gasteiger partial charge in [0, 0.05) is 33.1 Å². The van der Waals surface area contributed by atoms with E-state index in [1.54, 1.807) is 0 Å². The van der Waals surface area contributed by atoms with Gasteiger partial charge in [0.1, 0.15) is 0 Å². The molecule has 1 heterocycles. The number of hydrogen-bond acceptors (Lipinski definition) is 2. The van der Waals surface area contributed by atoms with Crippen molar-refractivity contribution in [3.63, 3.8) is 0 Å². The third-order valence-electron chi connectivity index (χ3n) is 3.41. The molecule has 0 aliphatic heterocycles. The maximum absolute atomic E-state index is 2.39. The fraction of sp³-hybridized carbons (Fsp3) is 0. The van der Waals surface area contributed by atoms with Crippen LogP contribution < -0.4 is 0 Å². The van der Waals surface area contributed by atoms with Crippen LogP contribution in [0.1, 0.15) is 0 Å². The summed E-state index contributed by atoms with van der Waals surface area (Å²) in [6.07, 6.45) is 0. The van der Waals surface area contributed by atoms with Crippen LogP contribution in [0.4, 0.5) is 0 Å². The van der Waals surface area contributed by atoms with Crippen LogP contribution in [-0.2, 0) is 0 Å². The molecule has 3 aromatic carbocycles. The summed E-state index contributed by atoms with van der Waals surface area (Å²) in [5.74, 6) is 0. The van der Waals surface area contributed by atoms with Crippen LogP contribution in [0.3, 0.4) is 0 Å². The van der Waals surface area contributed by atoms with E-state index in [-0.39, 0.29) is 0 Å². The predicted molar refractivity (Wildman–Crippen MR) is 105 cm³/mol. The molecule has 0 saturated carbocycles. The molecule has 0 aliphatic rings. The average molecular weight is 418 g/mol. The first-order chi connectivity index (χ1) is 10.3. The van der Waals surface area contributed by atoms with Crippen molar-refractivity contribution in [2.24, 2.45) is 0 Å². The third-order valence-corrected chi connectivity index (χ3v) is 6.50. The third kappa shape index (κ3) is 2.54. The summed E-state index contributed by atoms with van der Waals surface area (Å²) in [7, 11) is 0. The van der Waals surface area contributed by atoms with Gasteiger partial charge in [-0.05, 0) is 52.9 Å². The van der Waals surface area contributed by atoms with Crippen molar-refractivity contribution in [2.45, 2.75) is 0 Å². The molecule has 0 saturated heterocycles. The Morgan fingerprint density at radius 2 is 1.14 bits per heavy atom. The molecule has 0 nitrogen and oxygen atoms in total. The van der Waals surface area contributed by atoms with E-state index in [0.29, 0.717) is 0 Å². The monoisotopic (exact) mass is 418 g/mol. The van der Waals surface area contributed by atoms with E-state index in [2.05, 4.69) is 89.3 Å². The van der Waals surface area contributed by atoms with E-state index in [1.165, 1.54) is 33.1 Å². The Morgan fingerprint density at radius 3 is 1.81 bits per heavy atom. The van der Waals surface area contributed by atoms with Gasteiger partial charge in [-0.15, -0.1) is 22.7 Å². The second kappa shape index (κ2) is 5.55. The number of halogens is 1. The Labute approximate surface area is 144 Å². The lowest BCUT2D eigenvalue weighted by Crippen LogP contribution is -1.74. The quantitative estimate of drug-likeness (QED) is 0.270. The molecular formula is C18H11IS2. The van der Waals surface area contributed by atoms with Crippen LogP contribution in [-0.4, -0.2) is 0 Å². The smallest absolute Gasteiger partial charge is 0.0459 e. The summed E-state index contributed by atoms with van der Waals surface area (Å²) in [4.78, 5) is 0. The molecule has 0 aliphatic carbocycles. The van der Waals surface area contributed by atoms with Crippen LogP contribution in [0.5, 0.6) is 0 Å². The minimum absolute atomic E-state index is 1.28. The molecule has 0 amide bonds. The highest BCUT2D eigenvalue weighted by molar-refractivity contribution is 14.1. The van der Waals surface area contributed by atoms with Gasteiger partial charge in [0.25, 0.3) is 0 Å². The first kappa shape index (κ1) is 13.5. The van der Waals surface area contributed by atoms with Gasteiger partial charge in [-0.1, -0.05) is 36.4 Å². The Balaban J connectivity index is 2.35. The summed E-state index contributed by atoms with van der Waals surface area (Å²) in [6.45, 7) is 0. The number of hydrogen-bond donors (Lipinski definition) is 0. The molecule has 0 radical (unpaired) electrons. The van der Waals surface area contributed by atoms with E-state index in [9.17, 15) is 0 Å². The normalized spacial score (nSPS) is 11.1. The minimum atomic E-state index is 1.28. The molecule has 1 aromatic heterocycles. The van der Waals surface area contributed by atoms with E-state index < -0.39 is 0 Å². The summed E-state index contributed by atoms with van der Waals surface area (Å²) < 4.78 is 6.61. The standard InChI is InChI=1S/C18H11IS2/c19-12-9-10-17-18(11-12)21-16-8-4-2-6-14(16)13-5-1-3-7-15(13)20-17/h1-11H. The zero-order valence-corrected chi connectivity index (χ0v) is 14.8. The van der Waals surface area contributed by atoms with Crippen molar-refractivity contribution in [1.29, 1.82) is 0 Å². The molecule has 3 heteroatoms. The van der Waals surface area contributed by atoms with Crippen molar-refractivity contribution in [1.82, 2.24) is 0 Å². The first-order valence-electron chi connectivity index (χ1n) is 6.65. The van der Waals surface area contributed by atoms with Crippen molar-refractivity contribution in [3.8, 4) is 0 Å². The Hall–Kier alpha value is -1.17. The molecule has 0 atom stereocenters. The van der Waals surface area contributed by atoms with E-state index in [4.69, 9.17) is 0 Å². The topological polar surface area (TPSA) is 0 Å².